The number of carbonyl (C=O) groups excluding carboxylic acids is 2. The third-order valence-electron chi connectivity index (χ3n) is 4.15. The zero-order valence-corrected chi connectivity index (χ0v) is 18.3. The molecule has 0 spiro atoms. The molecule has 0 fully saturated rings. The van der Waals surface area contributed by atoms with Gasteiger partial charge in [-0.05, 0) is 60.7 Å². The fourth-order valence-electron chi connectivity index (χ4n) is 2.70. The van der Waals surface area contributed by atoms with E-state index in [9.17, 15) is 9.59 Å². The van der Waals surface area contributed by atoms with E-state index in [1.807, 2.05) is 45.0 Å². The van der Waals surface area contributed by atoms with Gasteiger partial charge in [0.2, 0.25) is 0 Å². The van der Waals surface area contributed by atoms with Gasteiger partial charge in [-0.15, -0.1) is 0 Å². The van der Waals surface area contributed by atoms with Crippen LogP contribution in [0.1, 0.15) is 49.5 Å². The highest BCUT2D eigenvalue weighted by Gasteiger charge is 2.22. The predicted molar refractivity (Wildman–Crippen MR) is 120 cm³/mol. The van der Waals surface area contributed by atoms with E-state index in [1.54, 1.807) is 30.5 Å². The van der Waals surface area contributed by atoms with Gasteiger partial charge >= 0.3 is 0 Å². The summed E-state index contributed by atoms with van der Waals surface area (Å²) in [5, 5.41) is 7.35. The Balaban J connectivity index is 2.00. The Morgan fingerprint density at radius 3 is 2.57 bits per heavy atom. The van der Waals surface area contributed by atoms with Crippen molar-refractivity contribution in [1.29, 1.82) is 0 Å². The number of hydrazone groups is 1. The summed E-state index contributed by atoms with van der Waals surface area (Å²) in [6.07, 6.45) is 2.96. The Labute approximate surface area is 182 Å². The largest absolute Gasteiger partial charge is 0.494 e. The molecule has 1 unspecified atom stereocenters. The lowest BCUT2D eigenvalue weighted by Crippen LogP contribution is -2.46. The minimum atomic E-state index is -0.704. The summed E-state index contributed by atoms with van der Waals surface area (Å²) >= 11 is 5.86. The van der Waals surface area contributed by atoms with Gasteiger partial charge < -0.3 is 10.1 Å². The number of halogens is 1. The smallest absolute Gasteiger partial charge is 0.262 e. The number of ether oxygens (including phenoxy) is 1. The van der Waals surface area contributed by atoms with Crippen molar-refractivity contribution >= 4 is 29.6 Å². The van der Waals surface area contributed by atoms with Gasteiger partial charge in [0.05, 0.1) is 12.8 Å². The molecular weight excluding hydrogens is 402 g/mol. The number of carbonyl (C=O) groups is 2. The zero-order valence-electron chi connectivity index (χ0n) is 17.5. The van der Waals surface area contributed by atoms with Crippen LogP contribution in [0.25, 0.3) is 0 Å². The maximum absolute atomic E-state index is 12.6. The SMILES string of the molecule is CCCOc1cccc(C=NNC(=O)C(CC(C)C)NC(=O)c2ccc(Cl)cc2)c1. The molecule has 0 aliphatic heterocycles. The van der Waals surface area contributed by atoms with E-state index >= 15 is 0 Å². The second kappa shape index (κ2) is 12.0. The maximum atomic E-state index is 12.6. The summed E-state index contributed by atoms with van der Waals surface area (Å²) in [5.74, 6) is 0.251. The molecule has 2 N–H and O–H groups in total. The Kier molecular flexibility index (Phi) is 9.35. The van der Waals surface area contributed by atoms with E-state index in [-0.39, 0.29) is 17.7 Å². The number of benzene rings is 2. The van der Waals surface area contributed by atoms with Crippen molar-refractivity contribution in [3.05, 3.63) is 64.7 Å². The normalized spacial score (nSPS) is 12.0. The molecule has 0 aliphatic carbocycles. The molecule has 0 bridgehead atoms. The molecule has 160 valence electrons. The zero-order chi connectivity index (χ0) is 21.9. The first-order valence-electron chi connectivity index (χ1n) is 10.0. The Morgan fingerprint density at radius 2 is 1.90 bits per heavy atom. The number of amides is 2. The van der Waals surface area contributed by atoms with Crippen LogP contribution in [0.3, 0.4) is 0 Å². The molecule has 2 aromatic rings. The molecule has 6 nitrogen and oxygen atoms in total. The standard InChI is InChI=1S/C23H28ClN3O3/c1-4-12-30-20-7-5-6-17(14-20)15-25-27-23(29)21(13-16(2)3)26-22(28)18-8-10-19(24)11-9-18/h5-11,14-16,21H,4,12-13H2,1-3H3,(H,26,28)(H,27,29). The van der Waals surface area contributed by atoms with Gasteiger partial charge in [-0.3, -0.25) is 9.59 Å². The second-order valence-electron chi connectivity index (χ2n) is 7.32. The fraction of sp³-hybridized carbons (Fsp3) is 0.348. The quantitative estimate of drug-likeness (QED) is 0.433. The number of hydrogen-bond donors (Lipinski definition) is 2. The first-order valence-corrected chi connectivity index (χ1v) is 10.4. The summed E-state index contributed by atoms with van der Waals surface area (Å²) in [4.78, 5) is 25.1. The van der Waals surface area contributed by atoms with Crippen molar-refractivity contribution in [1.82, 2.24) is 10.7 Å². The molecule has 0 aliphatic rings. The van der Waals surface area contributed by atoms with Crippen molar-refractivity contribution in [3.8, 4) is 5.75 Å². The molecule has 7 heteroatoms. The van der Waals surface area contributed by atoms with Gasteiger partial charge in [-0.2, -0.15) is 5.10 Å². The highest BCUT2D eigenvalue weighted by molar-refractivity contribution is 6.30. The first-order chi connectivity index (χ1) is 14.4. The summed E-state index contributed by atoms with van der Waals surface area (Å²) in [6, 6.07) is 13.2. The van der Waals surface area contributed by atoms with Crippen LogP contribution in [0.2, 0.25) is 5.02 Å². The molecule has 0 radical (unpaired) electrons. The lowest BCUT2D eigenvalue weighted by molar-refractivity contribution is -0.123. The molecule has 2 amide bonds. The van der Waals surface area contributed by atoms with Gasteiger partial charge in [0.1, 0.15) is 11.8 Å². The van der Waals surface area contributed by atoms with Crippen LogP contribution in [0.15, 0.2) is 53.6 Å². The van der Waals surface area contributed by atoms with Gasteiger partial charge in [0.15, 0.2) is 0 Å². The molecule has 2 aromatic carbocycles. The van der Waals surface area contributed by atoms with Crippen molar-refractivity contribution in [2.24, 2.45) is 11.0 Å². The van der Waals surface area contributed by atoms with Gasteiger partial charge in [0.25, 0.3) is 11.8 Å². The number of nitrogens with zero attached hydrogens (tertiary/aromatic N) is 1. The van der Waals surface area contributed by atoms with E-state index in [4.69, 9.17) is 16.3 Å². The van der Waals surface area contributed by atoms with Crippen molar-refractivity contribution in [2.75, 3.05) is 6.61 Å². The van der Waals surface area contributed by atoms with E-state index < -0.39 is 6.04 Å². The Bertz CT molecular complexity index is 866. The van der Waals surface area contributed by atoms with Gasteiger partial charge in [-0.1, -0.05) is 44.5 Å². The van der Waals surface area contributed by atoms with Crippen LogP contribution in [0.5, 0.6) is 5.75 Å². The molecule has 0 heterocycles. The van der Waals surface area contributed by atoms with Crippen LogP contribution in [-0.4, -0.2) is 30.7 Å². The maximum Gasteiger partial charge on any atom is 0.262 e. The van der Waals surface area contributed by atoms with Crippen molar-refractivity contribution in [2.45, 2.75) is 39.7 Å². The lowest BCUT2D eigenvalue weighted by Gasteiger charge is -2.19. The number of rotatable bonds is 10. The molecule has 0 saturated carbocycles. The lowest BCUT2D eigenvalue weighted by atomic mass is 10.0. The summed E-state index contributed by atoms with van der Waals surface area (Å²) in [6.45, 7) is 6.65. The van der Waals surface area contributed by atoms with Crippen LogP contribution in [0, 0.1) is 5.92 Å². The molecular formula is C23H28ClN3O3. The third kappa shape index (κ3) is 7.87. The van der Waals surface area contributed by atoms with Crippen molar-refractivity contribution in [3.63, 3.8) is 0 Å². The predicted octanol–water partition coefficient (Wildman–Crippen LogP) is 4.42. The monoisotopic (exact) mass is 429 g/mol. The van der Waals surface area contributed by atoms with Gasteiger partial charge in [-0.25, -0.2) is 5.43 Å². The summed E-state index contributed by atoms with van der Waals surface area (Å²) in [5.41, 5.74) is 3.76. The summed E-state index contributed by atoms with van der Waals surface area (Å²) in [7, 11) is 0. The Morgan fingerprint density at radius 1 is 1.17 bits per heavy atom. The van der Waals surface area contributed by atoms with E-state index in [0.717, 1.165) is 17.7 Å². The average molecular weight is 430 g/mol. The number of hydrogen-bond acceptors (Lipinski definition) is 4. The minimum absolute atomic E-state index is 0.211. The van der Waals surface area contributed by atoms with Crippen LogP contribution >= 0.6 is 11.6 Å². The Hall–Kier alpha value is -2.86. The molecule has 0 saturated heterocycles. The topological polar surface area (TPSA) is 79.8 Å². The van der Waals surface area contributed by atoms with E-state index in [2.05, 4.69) is 15.8 Å². The summed E-state index contributed by atoms with van der Waals surface area (Å²) < 4.78 is 5.59. The minimum Gasteiger partial charge on any atom is -0.494 e. The molecule has 30 heavy (non-hydrogen) atoms. The molecule has 1 atom stereocenters. The highest BCUT2D eigenvalue weighted by Crippen LogP contribution is 2.13. The highest BCUT2D eigenvalue weighted by atomic mass is 35.5. The van der Waals surface area contributed by atoms with Crippen molar-refractivity contribution < 1.29 is 14.3 Å². The second-order valence-corrected chi connectivity index (χ2v) is 7.75. The van der Waals surface area contributed by atoms with E-state index in [1.165, 1.54) is 0 Å². The first kappa shape index (κ1) is 23.4. The van der Waals surface area contributed by atoms with Crippen LogP contribution < -0.4 is 15.5 Å². The average Bonchev–Trinajstić information content (AvgIpc) is 2.72. The van der Waals surface area contributed by atoms with Crippen LogP contribution in [-0.2, 0) is 4.79 Å². The molecule has 0 aromatic heterocycles. The van der Waals surface area contributed by atoms with E-state index in [0.29, 0.717) is 23.6 Å². The third-order valence-corrected chi connectivity index (χ3v) is 4.41. The van der Waals surface area contributed by atoms with Gasteiger partial charge in [0, 0.05) is 10.6 Å². The van der Waals surface area contributed by atoms with Crippen LogP contribution in [0.4, 0.5) is 0 Å². The number of nitrogens with one attached hydrogen (secondary N) is 2. The fourth-order valence-corrected chi connectivity index (χ4v) is 2.82. The molecule has 2 rings (SSSR count).